The number of hydrogen-bond acceptors (Lipinski definition) is 7. The van der Waals surface area contributed by atoms with Gasteiger partial charge in [-0.05, 0) is 24.5 Å². The van der Waals surface area contributed by atoms with E-state index < -0.39 is 0 Å². The number of aromatic nitrogens is 4. The van der Waals surface area contributed by atoms with Gasteiger partial charge >= 0.3 is 0 Å². The minimum atomic E-state index is 0.529. The number of thioether (sulfide) groups is 1. The highest BCUT2D eigenvalue weighted by molar-refractivity contribution is 7.98. The topological polar surface area (TPSA) is 82.8 Å². The molecule has 0 saturated heterocycles. The molecule has 144 valence electrons. The summed E-state index contributed by atoms with van der Waals surface area (Å²) in [7, 11) is 0. The van der Waals surface area contributed by atoms with Gasteiger partial charge in [-0.3, -0.25) is 0 Å². The zero-order valence-electron chi connectivity index (χ0n) is 15.9. The molecule has 0 aliphatic rings. The maximum absolute atomic E-state index is 6.17. The van der Waals surface area contributed by atoms with Gasteiger partial charge < -0.3 is 10.3 Å². The van der Waals surface area contributed by atoms with Crippen molar-refractivity contribution in [3.05, 3.63) is 59.0 Å². The molecule has 0 amide bonds. The Morgan fingerprint density at radius 2 is 1.96 bits per heavy atom. The summed E-state index contributed by atoms with van der Waals surface area (Å²) < 4.78 is 6.83. The van der Waals surface area contributed by atoms with E-state index in [1.54, 1.807) is 17.6 Å². The molecule has 0 saturated carbocycles. The first kappa shape index (κ1) is 18.8. The maximum atomic E-state index is 6.17. The summed E-state index contributed by atoms with van der Waals surface area (Å²) >= 11 is 3.17. The first-order valence-corrected chi connectivity index (χ1v) is 10.8. The fourth-order valence-corrected chi connectivity index (χ4v) is 4.51. The number of nitrogens with two attached hydrogens (primary N) is 1. The zero-order valence-corrected chi connectivity index (χ0v) is 17.5. The molecule has 0 spiro atoms. The smallest absolute Gasteiger partial charge is 0.210 e. The van der Waals surface area contributed by atoms with E-state index in [2.05, 4.69) is 53.7 Å². The highest BCUT2D eigenvalue weighted by atomic mass is 32.2. The Bertz CT molecular complexity index is 1080. The van der Waals surface area contributed by atoms with Crippen molar-refractivity contribution < 1.29 is 4.42 Å². The number of nitrogens with zero attached hydrogens (tertiary/aromatic N) is 4. The SMILES string of the molecule is Cc1occc1-c1nnc(SCc2csc(-c3ccc(C(C)C)cc3)n2)n1N. The fourth-order valence-electron chi connectivity index (χ4n) is 2.83. The second-order valence-corrected chi connectivity index (χ2v) is 8.58. The van der Waals surface area contributed by atoms with Crippen LogP contribution in [0.1, 0.15) is 36.8 Å². The van der Waals surface area contributed by atoms with Crippen LogP contribution in [0.15, 0.2) is 51.5 Å². The average molecular weight is 412 g/mol. The lowest BCUT2D eigenvalue weighted by molar-refractivity contribution is 0.535. The summed E-state index contributed by atoms with van der Waals surface area (Å²) in [6, 6.07) is 10.5. The Morgan fingerprint density at radius 1 is 1.18 bits per heavy atom. The molecule has 0 bridgehead atoms. The van der Waals surface area contributed by atoms with E-state index in [4.69, 9.17) is 15.2 Å². The van der Waals surface area contributed by atoms with Gasteiger partial charge in [0.2, 0.25) is 5.16 Å². The summed E-state index contributed by atoms with van der Waals surface area (Å²) in [5.41, 5.74) is 4.33. The molecule has 3 aromatic heterocycles. The van der Waals surface area contributed by atoms with Crippen LogP contribution in [0.5, 0.6) is 0 Å². The number of benzene rings is 1. The van der Waals surface area contributed by atoms with Crippen LogP contribution < -0.4 is 5.84 Å². The van der Waals surface area contributed by atoms with Gasteiger partial charge in [0.05, 0.1) is 17.5 Å². The molecule has 4 rings (SSSR count). The number of aryl methyl sites for hydroxylation is 1. The van der Waals surface area contributed by atoms with Crippen molar-refractivity contribution in [2.24, 2.45) is 0 Å². The van der Waals surface area contributed by atoms with E-state index in [0.29, 0.717) is 22.7 Å². The van der Waals surface area contributed by atoms with E-state index in [-0.39, 0.29) is 0 Å². The molecular weight excluding hydrogens is 390 g/mol. The summed E-state index contributed by atoms with van der Waals surface area (Å²) in [6.45, 7) is 6.27. The van der Waals surface area contributed by atoms with Crippen molar-refractivity contribution in [1.82, 2.24) is 19.9 Å². The molecule has 1 aromatic carbocycles. The van der Waals surface area contributed by atoms with Crippen LogP contribution in [-0.4, -0.2) is 19.9 Å². The van der Waals surface area contributed by atoms with Crippen LogP contribution in [-0.2, 0) is 5.75 Å². The lowest BCUT2D eigenvalue weighted by Gasteiger charge is -2.05. The molecular formula is C20H21N5OS2. The predicted octanol–water partition coefficient (Wildman–Crippen LogP) is 5.10. The molecule has 8 heteroatoms. The number of nitrogen functional groups attached to an aromatic ring is 1. The quantitative estimate of drug-likeness (QED) is 0.351. The average Bonchev–Trinajstić information content (AvgIpc) is 3.41. The molecule has 6 nitrogen and oxygen atoms in total. The van der Waals surface area contributed by atoms with E-state index in [1.165, 1.54) is 22.0 Å². The predicted molar refractivity (Wildman–Crippen MR) is 114 cm³/mol. The third kappa shape index (κ3) is 3.70. The third-order valence-electron chi connectivity index (χ3n) is 4.49. The minimum absolute atomic E-state index is 0.529. The van der Waals surface area contributed by atoms with E-state index in [1.807, 2.05) is 13.0 Å². The van der Waals surface area contributed by atoms with E-state index in [0.717, 1.165) is 27.6 Å². The second-order valence-electron chi connectivity index (χ2n) is 6.78. The monoisotopic (exact) mass is 411 g/mol. The Balaban J connectivity index is 1.45. The third-order valence-corrected chi connectivity index (χ3v) is 6.41. The lowest BCUT2D eigenvalue weighted by atomic mass is 10.0. The number of hydrogen-bond donors (Lipinski definition) is 1. The van der Waals surface area contributed by atoms with Gasteiger partial charge in [0.1, 0.15) is 10.8 Å². The molecule has 0 fully saturated rings. The zero-order chi connectivity index (χ0) is 19.7. The van der Waals surface area contributed by atoms with Gasteiger partial charge in [-0.15, -0.1) is 21.5 Å². The summed E-state index contributed by atoms with van der Waals surface area (Å²) in [5.74, 6) is 8.75. The first-order valence-electron chi connectivity index (χ1n) is 8.95. The van der Waals surface area contributed by atoms with Gasteiger partial charge in [0.15, 0.2) is 5.82 Å². The lowest BCUT2D eigenvalue weighted by Crippen LogP contribution is -2.11. The van der Waals surface area contributed by atoms with Gasteiger partial charge in [-0.2, -0.15) is 0 Å². The second kappa shape index (κ2) is 7.81. The summed E-state index contributed by atoms with van der Waals surface area (Å²) in [4.78, 5) is 4.75. The van der Waals surface area contributed by atoms with Gasteiger partial charge in [0, 0.05) is 16.7 Å². The van der Waals surface area contributed by atoms with Crippen LogP contribution in [0.25, 0.3) is 22.0 Å². The van der Waals surface area contributed by atoms with Crippen molar-refractivity contribution in [2.75, 3.05) is 5.84 Å². The maximum Gasteiger partial charge on any atom is 0.210 e. The van der Waals surface area contributed by atoms with Crippen LogP contribution in [0.4, 0.5) is 0 Å². The Morgan fingerprint density at radius 3 is 2.64 bits per heavy atom. The summed E-state index contributed by atoms with van der Waals surface area (Å²) in [6.07, 6.45) is 1.62. The molecule has 3 heterocycles. The van der Waals surface area contributed by atoms with Crippen molar-refractivity contribution >= 4 is 23.1 Å². The number of furan rings is 1. The van der Waals surface area contributed by atoms with E-state index >= 15 is 0 Å². The molecule has 0 aliphatic carbocycles. The van der Waals surface area contributed by atoms with Crippen molar-refractivity contribution in [1.29, 1.82) is 0 Å². The highest BCUT2D eigenvalue weighted by Crippen LogP contribution is 2.30. The molecule has 0 aliphatic heterocycles. The van der Waals surface area contributed by atoms with Crippen LogP contribution in [0.2, 0.25) is 0 Å². The normalized spacial score (nSPS) is 11.4. The van der Waals surface area contributed by atoms with Crippen molar-refractivity contribution in [2.45, 2.75) is 37.6 Å². The van der Waals surface area contributed by atoms with Gasteiger partial charge in [-0.1, -0.05) is 49.9 Å². The summed E-state index contributed by atoms with van der Waals surface area (Å²) in [5, 5.41) is 12.1. The largest absolute Gasteiger partial charge is 0.469 e. The van der Waals surface area contributed by atoms with Crippen molar-refractivity contribution in [3.8, 4) is 22.0 Å². The van der Waals surface area contributed by atoms with Crippen LogP contribution in [0.3, 0.4) is 0 Å². The Kier molecular flexibility index (Phi) is 5.23. The minimum Gasteiger partial charge on any atom is -0.469 e. The standard InChI is InChI=1S/C20H21N5OS2/c1-12(2)14-4-6-15(7-5-14)19-22-16(10-27-19)11-28-20-24-23-18(25(20)21)17-8-9-26-13(17)3/h4-10,12H,11,21H2,1-3H3. The number of thiazole rings is 1. The van der Waals surface area contributed by atoms with Crippen LogP contribution >= 0.6 is 23.1 Å². The fraction of sp³-hybridized carbons (Fsp3) is 0.250. The Hall–Kier alpha value is -2.58. The molecule has 0 atom stereocenters. The van der Waals surface area contributed by atoms with Gasteiger partial charge in [0.25, 0.3) is 0 Å². The highest BCUT2D eigenvalue weighted by Gasteiger charge is 2.16. The molecule has 0 radical (unpaired) electrons. The van der Waals surface area contributed by atoms with Crippen molar-refractivity contribution in [3.63, 3.8) is 0 Å². The first-order chi connectivity index (χ1) is 13.5. The molecule has 2 N–H and O–H groups in total. The molecule has 4 aromatic rings. The van der Waals surface area contributed by atoms with E-state index in [9.17, 15) is 0 Å². The molecule has 0 unspecified atom stereocenters. The van der Waals surface area contributed by atoms with Crippen LogP contribution in [0, 0.1) is 6.92 Å². The number of rotatable bonds is 6. The van der Waals surface area contributed by atoms with Gasteiger partial charge in [-0.25, -0.2) is 9.66 Å². The molecule has 28 heavy (non-hydrogen) atoms. The Labute approximate surface area is 171 Å².